The number of hydrogen-bond donors (Lipinski definition) is 2. The number of hydrogen-bond acceptors (Lipinski definition) is 4. The van der Waals surface area contributed by atoms with Crippen LogP contribution in [0.5, 0.6) is 5.88 Å². The van der Waals surface area contributed by atoms with Crippen molar-refractivity contribution < 1.29 is 17.9 Å². The molecule has 2 aromatic heterocycles. The summed E-state index contributed by atoms with van der Waals surface area (Å²) >= 11 is 1.77. The molecule has 0 aliphatic heterocycles. The zero-order valence-electron chi connectivity index (χ0n) is 15.8. The van der Waals surface area contributed by atoms with E-state index in [1.165, 1.54) is 22.0 Å². The van der Waals surface area contributed by atoms with Gasteiger partial charge in [0.25, 0.3) is 0 Å². The Bertz CT molecular complexity index is 767. The van der Waals surface area contributed by atoms with Crippen molar-refractivity contribution in [1.82, 2.24) is 15.6 Å². The van der Waals surface area contributed by atoms with Crippen molar-refractivity contribution in [3.63, 3.8) is 0 Å². The molecule has 0 aromatic carbocycles. The van der Waals surface area contributed by atoms with Crippen molar-refractivity contribution in [2.45, 2.75) is 39.0 Å². The van der Waals surface area contributed by atoms with E-state index < -0.39 is 12.8 Å². The van der Waals surface area contributed by atoms with Crippen molar-refractivity contribution in [3.8, 4) is 5.88 Å². The minimum atomic E-state index is -4.39. The second kappa shape index (κ2) is 11.4. The molecule has 5 nitrogen and oxygen atoms in total. The Morgan fingerprint density at radius 3 is 2.68 bits per heavy atom. The summed E-state index contributed by atoms with van der Waals surface area (Å²) in [6.07, 6.45) is -2.09. The number of nitrogens with zero attached hydrogens (tertiary/aromatic N) is 2. The first-order chi connectivity index (χ1) is 12.7. The average molecular weight is 528 g/mol. The van der Waals surface area contributed by atoms with Gasteiger partial charge in [-0.1, -0.05) is 0 Å². The molecule has 0 saturated heterocycles. The smallest absolute Gasteiger partial charge is 0.422 e. The molecule has 0 bridgehead atoms. The largest absolute Gasteiger partial charge is 0.468 e. The number of guanidine groups is 1. The number of alkyl halides is 3. The van der Waals surface area contributed by atoms with Gasteiger partial charge in [0.05, 0.1) is 0 Å². The number of aromatic nitrogens is 1. The summed E-state index contributed by atoms with van der Waals surface area (Å²) in [5.74, 6) is 0.557. The molecule has 1 atom stereocenters. The third kappa shape index (κ3) is 9.09. The van der Waals surface area contributed by atoms with Crippen molar-refractivity contribution in [2.75, 3.05) is 13.7 Å². The van der Waals surface area contributed by atoms with Gasteiger partial charge < -0.3 is 15.4 Å². The third-order valence-electron chi connectivity index (χ3n) is 3.55. The summed E-state index contributed by atoms with van der Waals surface area (Å²) in [5, 5.41) is 6.45. The van der Waals surface area contributed by atoms with Crippen LogP contribution in [-0.2, 0) is 13.0 Å². The van der Waals surface area contributed by atoms with E-state index in [9.17, 15) is 13.2 Å². The predicted octanol–water partition coefficient (Wildman–Crippen LogP) is 4.31. The summed E-state index contributed by atoms with van der Waals surface area (Å²) in [4.78, 5) is 10.5. The first-order valence-corrected chi connectivity index (χ1v) is 9.24. The molecule has 2 N–H and O–H groups in total. The predicted molar refractivity (Wildman–Crippen MR) is 117 cm³/mol. The molecule has 0 aliphatic carbocycles. The maximum atomic E-state index is 12.2. The van der Waals surface area contributed by atoms with Gasteiger partial charge in [-0.2, -0.15) is 13.2 Å². The van der Waals surface area contributed by atoms with E-state index >= 15 is 0 Å². The van der Waals surface area contributed by atoms with Gasteiger partial charge in [0.1, 0.15) is 0 Å². The molecular weight excluding hydrogens is 504 g/mol. The molecule has 28 heavy (non-hydrogen) atoms. The standard InChI is InChI=1S/C18H23F3N4OS.HI/c1-12(8-15-5-4-13(2)27-15)25-17(22-3)24-10-14-6-7-23-16(9-14)26-11-18(19,20)21;/h4-7,9,12H,8,10-11H2,1-3H3,(H2,22,24,25);1H. The Labute approximate surface area is 183 Å². The number of halogens is 4. The number of ether oxygens (including phenoxy) is 1. The highest BCUT2D eigenvalue weighted by Crippen LogP contribution is 2.18. The quantitative estimate of drug-likeness (QED) is 0.320. The van der Waals surface area contributed by atoms with Gasteiger partial charge in [-0.25, -0.2) is 4.98 Å². The number of thiophene rings is 1. The molecule has 1 unspecified atom stereocenters. The average Bonchev–Trinajstić information content (AvgIpc) is 3.01. The molecule has 2 rings (SSSR count). The number of aryl methyl sites for hydroxylation is 1. The van der Waals surface area contributed by atoms with Gasteiger partial charge in [-0.3, -0.25) is 4.99 Å². The molecule has 0 saturated carbocycles. The molecule has 0 aliphatic rings. The summed E-state index contributed by atoms with van der Waals surface area (Å²) in [7, 11) is 1.67. The fraction of sp³-hybridized carbons (Fsp3) is 0.444. The van der Waals surface area contributed by atoms with Crippen molar-refractivity contribution in [3.05, 3.63) is 45.8 Å². The van der Waals surface area contributed by atoms with Crippen LogP contribution < -0.4 is 15.4 Å². The summed E-state index contributed by atoms with van der Waals surface area (Å²) in [5.41, 5.74) is 0.742. The Morgan fingerprint density at radius 2 is 2.07 bits per heavy atom. The van der Waals surface area contributed by atoms with Crippen molar-refractivity contribution in [2.24, 2.45) is 4.99 Å². The normalized spacial score (nSPS) is 12.9. The maximum Gasteiger partial charge on any atom is 0.422 e. The molecule has 156 valence electrons. The van der Waals surface area contributed by atoms with Gasteiger partial charge in [0, 0.05) is 48.1 Å². The molecule has 0 spiro atoms. The lowest BCUT2D eigenvalue weighted by Crippen LogP contribution is -2.42. The Morgan fingerprint density at radius 1 is 1.32 bits per heavy atom. The van der Waals surface area contributed by atoms with Crippen LogP contribution in [0.4, 0.5) is 13.2 Å². The highest BCUT2D eigenvalue weighted by Gasteiger charge is 2.28. The highest BCUT2D eigenvalue weighted by atomic mass is 127. The zero-order valence-corrected chi connectivity index (χ0v) is 19.0. The number of nitrogens with one attached hydrogen (secondary N) is 2. The van der Waals surface area contributed by atoms with Crippen LogP contribution in [0.25, 0.3) is 0 Å². The van der Waals surface area contributed by atoms with Crippen LogP contribution in [0.1, 0.15) is 22.2 Å². The van der Waals surface area contributed by atoms with E-state index in [4.69, 9.17) is 0 Å². The second-order valence-electron chi connectivity index (χ2n) is 6.09. The minimum Gasteiger partial charge on any atom is -0.468 e. The highest BCUT2D eigenvalue weighted by molar-refractivity contribution is 14.0. The molecule has 10 heteroatoms. The summed E-state index contributed by atoms with van der Waals surface area (Å²) in [6.45, 7) is 3.17. The van der Waals surface area contributed by atoms with E-state index in [1.807, 2.05) is 0 Å². The molecule has 2 heterocycles. The SMILES string of the molecule is CN=C(NCc1ccnc(OCC(F)(F)F)c1)NC(C)Cc1ccc(C)s1.I. The van der Waals surface area contributed by atoms with E-state index in [-0.39, 0.29) is 35.9 Å². The molecule has 0 amide bonds. The Kier molecular flexibility index (Phi) is 10.0. The first kappa shape index (κ1) is 24.5. The molecule has 0 radical (unpaired) electrons. The van der Waals surface area contributed by atoms with E-state index in [1.54, 1.807) is 24.5 Å². The van der Waals surface area contributed by atoms with Gasteiger partial charge >= 0.3 is 6.18 Å². The van der Waals surface area contributed by atoms with Crippen LogP contribution in [-0.4, -0.2) is 36.8 Å². The number of pyridine rings is 1. The molecule has 2 aromatic rings. The van der Waals surface area contributed by atoms with E-state index in [0.717, 1.165) is 12.0 Å². The fourth-order valence-corrected chi connectivity index (χ4v) is 3.38. The van der Waals surface area contributed by atoms with Crippen LogP contribution in [0.3, 0.4) is 0 Å². The summed E-state index contributed by atoms with van der Waals surface area (Å²) < 4.78 is 41.4. The first-order valence-electron chi connectivity index (χ1n) is 8.42. The topological polar surface area (TPSA) is 58.5 Å². The van der Waals surface area contributed by atoms with Gasteiger partial charge in [0.2, 0.25) is 5.88 Å². The third-order valence-corrected chi connectivity index (χ3v) is 4.58. The minimum absolute atomic E-state index is 0. The van der Waals surface area contributed by atoms with Crippen LogP contribution in [0.2, 0.25) is 0 Å². The van der Waals surface area contributed by atoms with Crippen molar-refractivity contribution >= 4 is 41.3 Å². The maximum absolute atomic E-state index is 12.2. The molecule has 0 fully saturated rings. The lowest BCUT2D eigenvalue weighted by Gasteiger charge is -2.17. The lowest BCUT2D eigenvalue weighted by molar-refractivity contribution is -0.154. The molecular formula is C18H24F3IN4OS. The second-order valence-corrected chi connectivity index (χ2v) is 7.47. The monoisotopic (exact) mass is 528 g/mol. The Balaban J connectivity index is 0.00000392. The zero-order chi connectivity index (χ0) is 19.9. The van der Waals surface area contributed by atoms with Crippen LogP contribution >= 0.6 is 35.3 Å². The van der Waals surface area contributed by atoms with Crippen LogP contribution in [0, 0.1) is 6.92 Å². The Hall–Kier alpha value is -1.56. The number of aliphatic imine (C=N–C) groups is 1. The summed E-state index contributed by atoms with van der Waals surface area (Å²) in [6, 6.07) is 7.58. The van der Waals surface area contributed by atoms with Gasteiger partial charge in [-0.15, -0.1) is 35.3 Å². The van der Waals surface area contributed by atoms with E-state index in [0.29, 0.717) is 12.5 Å². The van der Waals surface area contributed by atoms with Crippen molar-refractivity contribution in [1.29, 1.82) is 0 Å². The lowest BCUT2D eigenvalue weighted by atomic mass is 10.2. The van der Waals surface area contributed by atoms with Crippen LogP contribution in [0.15, 0.2) is 35.5 Å². The fourth-order valence-electron chi connectivity index (χ4n) is 2.36. The van der Waals surface area contributed by atoms with Gasteiger partial charge in [0.15, 0.2) is 12.6 Å². The van der Waals surface area contributed by atoms with Gasteiger partial charge in [-0.05, 0) is 37.6 Å². The number of rotatable bonds is 7. The van der Waals surface area contributed by atoms with E-state index in [2.05, 4.69) is 51.3 Å².